The molecule has 2 fully saturated rings. The lowest BCUT2D eigenvalue weighted by Gasteiger charge is -2.41. The van der Waals surface area contributed by atoms with Crippen molar-refractivity contribution in [3.63, 3.8) is 0 Å². The third-order valence-electron chi connectivity index (χ3n) is 15.2. The van der Waals surface area contributed by atoms with Crippen LogP contribution >= 0.6 is 0 Å². The van der Waals surface area contributed by atoms with Crippen LogP contribution in [0.3, 0.4) is 0 Å². The Morgan fingerprint density at radius 2 is 1.54 bits per heavy atom. The van der Waals surface area contributed by atoms with E-state index >= 15 is 0 Å². The zero-order valence-corrected chi connectivity index (χ0v) is 47.7. The van der Waals surface area contributed by atoms with Crippen LogP contribution in [0.15, 0.2) is 48.5 Å². The smallest absolute Gasteiger partial charge is 0.410 e. The average Bonchev–Trinajstić information content (AvgIpc) is 3.91. The number of carboxylic acid groups (broad SMARTS) is 1. The zero-order chi connectivity index (χ0) is 60.0. The number of amides is 5. The molecule has 0 aliphatic carbocycles. The minimum atomic E-state index is -2.05. The fourth-order valence-corrected chi connectivity index (χ4v) is 10.5. The van der Waals surface area contributed by atoms with Gasteiger partial charge in [0.2, 0.25) is 29.9 Å². The molecule has 0 aromatic heterocycles. The number of aliphatic carboxylic acids is 1. The maximum Gasteiger partial charge on any atom is 0.410 e. The number of nitro groups is 1. The third kappa shape index (κ3) is 15.9. The molecule has 4 rings (SSSR count). The van der Waals surface area contributed by atoms with Gasteiger partial charge in [0.15, 0.2) is 11.9 Å². The second-order valence-electron chi connectivity index (χ2n) is 21.4. The number of benzene rings is 2. The van der Waals surface area contributed by atoms with E-state index in [9.17, 15) is 64.4 Å². The Balaban J connectivity index is 1.50. The number of aliphatic hydroxyl groups excluding tert-OH is 4. The van der Waals surface area contributed by atoms with Gasteiger partial charge in [-0.3, -0.25) is 34.2 Å². The number of hydrogen-bond acceptors (Lipinski definition) is 17. The number of likely N-dealkylation sites (tertiary alicyclic amines) is 1. The van der Waals surface area contributed by atoms with E-state index in [0.29, 0.717) is 31.4 Å². The molecule has 0 bridgehead atoms. The molecule has 2 aliphatic heterocycles. The van der Waals surface area contributed by atoms with Gasteiger partial charge < -0.3 is 69.7 Å². The zero-order valence-electron chi connectivity index (χ0n) is 47.7. The summed E-state index contributed by atoms with van der Waals surface area (Å²) in [6.45, 7) is 14.5. The molecule has 444 valence electrons. The van der Waals surface area contributed by atoms with E-state index in [2.05, 4.69) is 16.6 Å². The van der Waals surface area contributed by atoms with Crippen LogP contribution in [0.2, 0.25) is 0 Å². The fourth-order valence-electron chi connectivity index (χ4n) is 10.5. The highest BCUT2D eigenvalue weighted by atomic mass is 16.7. The number of nitrogens with zero attached hydrogens (tertiary/aromatic N) is 4. The summed E-state index contributed by atoms with van der Waals surface area (Å²) >= 11 is 0. The Morgan fingerprint density at radius 3 is 2.09 bits per heavy atom. The number of terminal acetylenes is 1. The van der Waals surface area contributed by atoms with E-state index in [4.69, 9.17) is 30.1 Å². The minimum Gasteiger partial charge on any atom is -0.479 e. The predicted molar refractivity (Wildman–Crippen MR) is 289 cm³/mol. The molecule has 0 spiro atoms. The first-order chi connectivity index (χ1) is 37.7. The summed E-state index contributed by atoms with van der Waals surface area (Å²) in [6, 6.07) is 8.10. The number of carboxylic acids is 1. The minimum absolute atomic E-state index is 0.000563. The van der Waals surface area contributed by atoms with Crippen LogP contribution in [-0.4, -0.2) is 189 Å². The SMILES string of the molecule is C#CCC(OC(=O)N(C)[C@@H](C(=O)N[C@H](C(=O)N(C)[C@H]([C@H](C)CC)[C@H](CC(=O)N1CCCC1[C@@H](OC)[C@@H](C)C(=O)N[C@H](C)[C@@H](O)c1ccccc1)OC)C(C)C)C(C)C)c1ccc(OC2OC(C(=O)O)C(O)C(O)C2O)c([N+](=O)[O-])c1. The molecule has 7 unspecified atom stereocenters. The van der Waals surface area contributed by atoms with Crippen molar-refractivity contribution in [3.8, 4) is 18.1 Å². The van der Waals surface area contributed by atoms with Gasteiger partial charge in [-0.1, -0.05) is 91.3 Å². The number of carbonyl (C=O) groups is 6. The molecule has 2 aliphatic rings. The number of nitrogens with one attached hydrogen (secondary N) is 2. The number of aliphatic hydroxyl groups is 4. The number of methoxy groups -OCH3 is 2. The maximum atomic E-state index is 14.8. The second kappa shape index (κ2) is 29.8. The highest BCUT2D eigenvalue weighted by Gasteiger charge is 2.49. The average molecular weight is 1130 g/mol. The van der Waals surface area contributed by atoms with Gasteiger partial charge in [-0.2, -0.15) is 0 Å². The molecule has 2 aromatic carbocycles. The van der Waals surface area contributed by atoms with Gasteiger partial charge in [0.1, 0.15) is 36.5 Å². The lowest BCUT2D eigenvalue weighted by atomic mass is 9.89. The highest BCUT2D eigenvalue weighted by molar-refractivity contribution is 5.92. The lowest BCUT2D eigenvalue weighted by molar-refractivity contribution is -0.387. The molecule has 0 saturated carbocycles. The number of likely N-dealkylation sites (N-methyl/N-ethyl adjacent to an activating group) is 2. The van der Waals surface area contributed by atoms with Crippen LogP contribution < -0.4 is 15.4 Å². The van der Waals surface area contributed by atoms with Gasteiger partial charge in [-0.15, -0.1) is 12.3 Å². The van der Waals surface area contributed by atoms with Gasteiger partial charge in [-0.25, -0.2) is 9.59 Å². The molecule has 2 aromatic rings. The quantitative estimate of drug-likeness (QED) is 0.0383. The van der Waals surface area contributed by atoms with E-state index in [0.717, 1.165) is 17.0 Å². The summed E-state index contributed by atoms with van der Waals surface area (Å²) in [5.74, 6) is -3.71. The summed E-state index contributed by atoms with van der Waals surface area (Å²) in [7, 11) is 5.84. The molecule has 7 N–H and O–H groups in total. The number of rotatable bonds is 27. The highest BCUT2D eigenvalue weighted by Crippen LogP contribution is 2.36. The molecular weight excluding hydrogens is 1040 g/mol. The van der Waals surface area contributed by atoms with Gasteiger partial charge in [0, 0.05) is 46.5 Å². The first-order valence-electron chi connectivity index (χ1n) is 26.9. The summed E-state index contributed by atoms with van der Waals surface area (Å²) in [4.78, 5) is 98.5. The van der Waals surface area contributed by atoms with Crippen LogP contribution in [0, 0.1) is 46.1 Å². The number of hydrogen-bond donors (Lipinski definition) is 7. The Kier molecular flexibility index (Phi) is 24.6. The van der Waals surface area contributed by atoms with Crippen molar-refractivity contribution in [1.82, 2.24) is 25.3 Å². The first kappa shape index (κ1) is 66.1. The van der Waals surface area contributed by atoms with E-state index in [1.54, 1.807) is 77.8 Å². The fraction of sp³-hybridized carbons (Fsp3) is 0.643. The summed E-state index contributed by atoms with van der Waals surface area (Å²) in [5, 5.41) is 69.2. The van der Waals surface area contributed by atoms with Gasteiger partial charge in [0.25, 0.3) is 0 Å². The van der Waals surface area contributed by atoms with Crippen LogP contribution in [-0.2, 0) is 42.9 Å². The lowest BCUT2D eigenvalue weighted by Crippen LogP contribution is -2.61. The van der Waals surface area contributed by atoms with Crippen molar-refractivity contribution >= 4 is 41.4 Å². The van der Waals surface area contributed by atoms with Crippen molar-refractivity contribution in [2.75, 3.05) is 34.9 Å². The van der Waals surface area contributed by atoms with E-state index < -0.39 is 143 Å². The van der Waals surface area contributed by atoms with Crippen molar-refractivity contribution in [2.45, 2.75) is 173 Å². The third-order valence-corrected chi connectivity index (χ3v) is 15.2. The van der Waals surface area contributed by atoms with E-state index in [1.165, 1.54) is 32.2 Å². The first-order valence-corrected chi connectivity index (χ1v) is 26.9. The molecule has 24 heteroatoms. The van der Waals surface area contributed by atoms with Crippen molar-refractivity contribution in [1.29, 1.82) is 0 Å². The van der Waals surface area contributed by atoms with Gasteiger partial charge >= 0.3 is 17.7 Å². The summed E-state index contributed by atoms with van der Waals surface area (Å²) < 4.78 is 28.3. The molecule has 0 radical (unpaired) electrons. The van der Waals surface area contributed by atoms with Crippen LogP contribution in [0.5, 0.6) is 5.75 Å². The van der Waals surface area contributed by atoms with Crippen molar-refractivity contribution < 1.29 is 82.9 Å². The van der Waals surface area contributed by atoms with Gasteiger partial charge in [0.05, 0.1) is 60.1 Å². The topological polar surface area (TPSA) is 327 Å². The molecule has 16 atom stereocenters. The monoisotopic (exact) mass is 1130 g/mol. The molecule has 80 heavy (non-hydrogen) atoms. The van der Waals surface area contributed by atoms with E-state index in [1.807, 2.05) is 19.9 Å². The number of nitro benzene ring substituents is 1. The number of carbonyl (C=O) groups excluding carboxylic acids is 5. The second-order valence-corrected chi connectivity index (χ2v) is 21.4. The van der Waals surface area contributed by atoms with Crippen molar-refractivity contribution in [3.05, 3.63) is 69.8 Å². The Hall–Kier alpha value is -6.46. The molecule has 2 saturated heterocycles. The Morgan fingerprint density at radius 1 is 0.887 bits per heavy atom. The van der Waals surface area contributed by atoms with Crippen LogP contribution in [0.1, 0.15) is 111 Å². The van der Waals surface area contributed by atoms with Crippen LogP contribution in [0.25, 0.3) is 0 Å². The molecule has 2 heterocycles. The Labute approximate surface area is 467 Å². The summed E-state index contributed by atoms with van der Waals surface area (Å²) in [6.07, 6.45) is -8.01. The standard InChI is InChI=1S/C56H82N6O18/c1-14-20-38(35-24-25-39(37(27-35)62(74)75)78-55-48(67)46(65)47(66)50(80-55)54(71)72)79-56(73)60(11)43(30(5)6)52(69)58-42(29(3)4)53(70)59(10)44(31(7)15-2)40(76-12)28-41(63)61-26-19-23-36(61)49(77-13)32(8)51(68)57-33(9)45(64)34-21-17-16-18-22-34/h1,16-18,21-22,24-25,27,29-33,36,38,40,42-50,55,64-67H,15,19-20,23,26,28H2,2-13H3,(H,57,68)(H,58,69)(H,71,72)/t31-,32-,33-,36?,38?,40+,42+,43-,44-,45-,46?,47?,48?,49+,50?,55?/m1/s1. The van der Waals surface area contributed by atoms with Gasteiger partial charge in [-0.05, 0) is 49.1 Å². The maximum absolute atomic E-state index is 14.8. The van der Waals surface area contributed by atoms with E-state index in [-0.39, 0.29) is 36.1 Å². The predicted octanol–water partition coefficient (Wildman–Crippen LogP) is 3.32. The Bertz CT molecular complexity index is 2480. The van der Waals surface area contributed by atoms with Crippen molar-refractivity contribution in [2.24, 2.45) is 23.7 Å². The van der Waals surface area contributed by atoms with Crippen LogP contribution in [0.4, 0.5) is 10.5 Å². The largest absolute Gasteiger partial charge is 0.479 e. The number of ether oxygens (including phenoxy) is 5. The molecule has 5 amide bonds. The summed E-state index contributed by atoms with van der Waals surface area (Å²) in [5.41, 5.74) is -0.109. The normalized spacial score (nSPS) is 22.9. The molecular formula is C56H82N6O18. The molecule has 24 nitrogen and oxygen atoms in total.